The van der Waals surface area contributed by atoms with Crippen LogP contribution in [0, 0.1) is 5.92 Å². The van der Waals surface area contributed by atoms with Crippen LogP contribution in [0.5, 0.6) is 5.75 Å². The van der Waals surface area contributed by atoms with E-state index in [-0.39, 0.29) is 24.8 Å². The highest BCUT2D eigenvalue weighted by Gasteiger charge is 2.36. The summed E-state index contributed by atoms with van der Waals surface area (Å²) in [5.74, 6) is 0.0801. The van der Waals surface area contributed by atoms with E-state index in [4.69, 9.17) is 27.9 Å². The van der Waals surface area contributed by atoms with Crippen LogP contribution in [0.1, 0.15) is 18.9 Å². The lowest BCUT2D eigenvalue weighted by Gasteiger charge is -2.18. The van der Waals surface area contributed by atoms with Crippen molar-refractivity contribution in [2.45, 2.75) is 19.9 Å². The molecular formula is C20H20Cl2N2O3. The molecule has 2 amide bonds. The molecule has 142 valence electrons. The van der Waals surface area contributed by atoms with Gasteiger partial charge in [0.25, 0.3) is 0 Å². The van der Waals surface area contributed by atoms with Crippen molar-refractivity contribution in [3.63, 3.8) is 0 Å². The Morgan fingerprint density at radius 3 is 2.67 bits per heavy atom. The van der Waals surface area contributed by atoms with Crippen molar-refractivity contribution >= 4 is 40.7 Å². The highest BCUT2D eigenvalue weighted by Crippen LogP contribution is 2.35. The van der Waals surface area contributed by atoms with Gasteiger partial charge in [0.2, 0.25) is 11.8 Å². The third-order valence-corrected chi connectivity index (χ3v) is 5.23. The topological polar surface area (TPSA) is 58.6 Å². The number of hydrogen-bond acceptors (Lipinski definition) is 3. The van der Waals surface area contributed by atoms with Crippen molar-refractivity contribution < 1.29 is 14.3 Å². The van der Waals surface area contributed by atoms with E-state index in [1.807, 2.05) is 31.2 Å². The number of nitrogens with zero attached hydrogens (tertiary/aromatic N) is 1. The zero-order valence-electron chi connectivity index (χ0n) is 14.9. The van der Waals surface area contributed by atoms with Gasteiger partial charge in [0, 0.05) is 19.5 Å². The van der Waals surface area contributed by atoms with Crippen LogP contribution < -0.4 is 15.0 Å². The molecule has 2 aromatic carbocycles. The lowest BCUT2D eigenvalue weighted by molar-refractivity contribution is -0.126. The molecule has 1 aliphatic rings. The van der Waals surface area contributed by atoms with Crippen LogP contribution in [-0.2, 0) is 16.1 Å². The molecule has 1 fully saturated rings. The summed E-state index contributed by atoms with van der Waals surface area (Å²) in [5, 5.41) is 3.60. The molecule has 1 heterocycles. The molecule has 1 N–H and O–H groups in total. The van der Waals surface area contributed by atoms with Gasteiger partial charge in [0.1, 0.15) is 5.75 Å². The first-order chi connectivity index (χ1) is 13.0. The first kappa shape index (κ1) is 19.5. The Morgan fingerprint density at radius 2 is 1.96 bits per heavy atom. The molecule has 7 heteroatoms. The number of benzene rings is 2. The van der Waals surface area contributed by atoms with Crippen LogP contribution >= 0.6 is 23.2 Å². The molecule has 5 nitrogen and oxygen atoms in total. The van der Waals surface area contributed by atoms with Crippen LogP contribution in [0.25, 0.3) is 0 Å². The SMILES string of the molecule is CCOc1ccc(CNC(=O)[C@H]2CC(=O)N(c3cccc(Cl)c3Cl)C2)cc1. The van der Waals surface area contributed by atoms with E-state index in [1.165, 1.54) is 4.90 Å². The Hall–Kier alpha value is -2.24. The summed E-state index contributed by atoms with van der Waals surface area (Å²) in [7, 11) is 0. The molecular weight excluding hydrogens is 387 g/mol. The predicted octanol–water partition coefficient (Wildman–Crippen LogP) is 4.06. The fraction of sp³-hybridized carbons (Fsp3) is 0.300. The number of carbonyl (C=O) groups excluding carboxylic acids is 2. The van der Waals surface area contributed by atoms with Gasteiger partial charge in [-0.25, -0.2) is 0 Å². The average molecular weight is 407 g/mol. The number of halogens is 2. The van der Waals surface area contributed by atoms with Crippen molar-refractivity contribution in [2.75, 3.05) is 18.1 Å². The molecule has 1 aliphatic heterocycles. The van der Waals surface area contributed by atoms with Crippen LogP contribution in [0.3, 0.4) is 0 Å². The first-order valence-electron chi connectivity index (χ1n) is 8.73. The number of anilines is 1. The Morgan fingerprint density at radius 1 is 1.22 bits per heavy atom. The van der Waals surface area contributed by atoms with Gasteiger partial charge in [-0.1, -0.05) is 41.4 Å². The van der Waals surface area contributed by atoms with Crippen LogP contribution in [-0.4, -0.2) is 25.0 Å². The zero-order chi connectivity index (χ0) is 19.4. The van der Waals surface area contributed by atoms with Gasteiger partial charge in [-0.05, 0) is 36.8 Å². The van der Waals surface area contributed by atoms with E-state index in [1.54, 1.807) is 18.2 Å². The summed E-state index contributed by atoms with van der Waals surface area (Å²) in [6.45, 7) is 3.22. The normalized spacial score (nSPS) is 16.5. The number of carbonyl (C=O) groups is 2. The standard InChI is InChI=1S/C20H20Cl2N2O3/c1-2-27-15-8-6-13(7-9-15)11-23-20(26)14-10-18(25)24(12-14)17-5-3-4-16(21)19(17)22/h3-9,14H,2,10-12H2,1H3,(H,23,26)/t14-/m0/s1. The Kier molecular flexibility index (Phi) is 6.24. The summed E-state index contributed by atoms with van der Waals surface area (Å²) in [4.78, 5) is 26.4. The van der Waals surface area contributed by atoms with Gasteiger partial charge in [0.15, 0.2) is 0 Å². The highest BCUT2D eigenvalue weighted by molar-refractivity contribution is 6.44. The molecule has 0 aromatic heterocycles. The van der Waals surface area contributed by atoms with Gasteiger partial charge in [-0.2, -0.15) is 0 Å². The quantitative estimate of drug-likeness (QED) is 0.786. The minimum Gasteiger partial charge on any atom is -0.494 e. The second-order valence-corrected chi connectivity index (χ2v) is 7.06. The largest absolute Gasteiger partial charge is 0.494 e. The van der Waals surface area contributed by atoms with Gasteiger partial charge in [-0.3, -0.25) is 9.59 Å². The van der Waals surface area contributed by atoms with Crippen molar-refractivity contribution in [2.24, 2.45) is 5.92 Å². The number of ether oxygens (including phenoxy) is 1. The van der Waals surface area contributed by atoms with E-state index >= 15 is 0 Å². The van der Waals surface area contributed by atoms with E-state index in [2.05, 4.69) is 5.32 Å². The van der Waals surface area contributed by atoms with E-state index in [0.717, 1.165) is 11.3 Å². The Bertz CT molecular complexity index is 840. The number of nitrogens with one attached hydrogen (secondary N) is 1. The summed E-state index contributed by atoms with van der Waals surface area (Å²) in [6, 6.07) is 12.7. The maximum Gasteiger partial charge on any atom is 0.227 e. The lowest BCUT2D eigenvalue weighted by Crippen LogP contribution is -2.32. The summed E-state index contributed by atoms with van der Waals surface area (Å²) in [5.41, 5.74) is 1.50. The predicted molar refractivity (Wildman–Crippen MR) is 106 cm³/mol. The van der Waals surface area contributed by atoms with Crippen molar-refractivity contribution in [3.8, 4) is 5.75 Å². The van der Waals surface area contributed by atoms with Crippen LogP contribution in [0.15, 0.2) is 42.5 Å². The lowest BCUT2D eigenvalue weighted by atomic mass is 10.1. The average Bonchev–Trinajstić information content (AvgIpc) is 3.05. The molecule has 0 bridgehead atoms. The fourth-order valence-corrected chi connectivity index (χ4v) is 3.42. The summed E-state index contributed by atoms with van der Waals surface area (Å²) >= 11 is 12.2. The summed E-state index contributed by atoms with van der Waals surface area (Å²) < 4.78 is 5.40. The molecule has 27 heavy (non-hydrogen) atoms. The molecule has 3 rings (SSSR count). The van der Waals surface area contributed by atoms with Crippen LogP contribution in [0.4, 0.5) is 5.69 Å². The zero-order valence-corrected chi connectivity index (χ0v) is 16.4. The molecule has 0 radical (unpaired) electrons. The van der Waals surface area contributed by atoms with Crippen LogP contribution in [0.2, 0.25) is 10.0 Å². The van der Waals surface area contributed by atoms with E-state index < -0.39 is 5.92 Å². The Balaban J connectivity index is 1.59. The maximum absolute atomic E-state index is 12.5. The van der Waals surface area contributed by atoms with Crippen molar-refractivity contribution in [1.29, 1.82) is 0 Å². The molecule has 0 spiro atoms. The smallest absolute Gasteiger partial charge is 0.227 e. The molecule has 0 saturated carbocycles. The number of amides is 2. The van der Waals surface area contributed by atoms with Gasteiger partial charge in [-0.15, -0.1) is 0 Å². The molecule has 2 aromatic rings. The van der Waals surface area contributed by atoms with Gasteiger partial charge >= 0.3 is 0 Å². The van der Waals surface area contributed by atoms with Gasteiger partial charge < -0.3 is 15.0 Å². The Labute approximate surface area is 168 Å². The first-order valence-corrected chi connectivity index (χ1v) is 9.49. The molecule has 0 aliphatic carbocycles. The summed E-state index contributed by atoms with van der Waals surface area (Å²) in [6.07, 6.45) is 0.151. The highest BCUT2D eigenvalue weighted by atomic mass is 35.5. The minimum atomic E-state index is -0.421. The molecule has 0 unspecified atom stereocenters. The number of hydrogen-bond donors (Lipinski definition) is 1. The maximum atomic E-state index is 12.5. The van der Waals surface area contributed by atoms with Crippen molar-refractivity contribution in [1.82, 2.24) is 5.32 Å². The second kappa shape index (κ2) is 8.63. The molecule has 1 saturated heterocycles. The van der Waals surface area contributed by atoms with Crippen molar-refractivity contribution in [3.05, 3.63) is 58.1 Å². The minimum absolute atomic E-state index is 0.139. The third kappa shape index (κ3) is 4.54. The van der Waals surface area contributed by atoms with E-state index in [0.29, 0.717) is 28.9 Å². The second-order valence-electron chi connectivity index (χ2n) is 6.27. The van der Waals surface area contributed by atoms with E-state index in [9.17, 15) is 9.59 Å². The fourth-order valence-electron chi connectivity index (χ4n) is 3.02. The monoisotopic (exact) mass is 406 g/mol. The molecule has 1 atom stereocenters. The van der Waals surface area contributed by atoms with Gasteiger partial charge in [0.05, 0.1) is 28.3 Å². The third-order valence-electron chi connectivity index (χ3n) is 4.42. The number of rotatable bonds is 6.